The average molecular weight is 503 g/mol. The molecular formula is C32H42N2O3. The van der Waals surface area contributed by atoms with Crippen molar-refractivity contribution in [3.63, 3.8) is 0 Å². The number of likely N-dealkylation sites (N-methyl/N-ethyl adjacent to an activating group) is 1. The standard InChI is InChI=1S/C32H42N2O3/c1-4-34(22-24-8-6-23(7-9-24)14-17-33-15-5-16-33)30-21-32(37-3)31(36-2)20-29(30)27-11-10-26-19-28(35)13-12-25(26)18-27/h6-9,12-13,19-21,27,29-30,35H,4-5,10-11,14-18,22H2,1-3H3/t27-,29?,30?/m1/s1. The molecule has 1 fully saturated rings. The lowest BCUT2D eigenvalue weighted by Gasteiger charge is -2.41. The first-order valence-corrected chi connectivity index (χ1v) is 13.9. The minimum atomic E-state index is 0.230. The third kappa shape index (κ3) is 5.89. The number of hydrogen-bond donors (Lipinski definition) is 1. The molecule has 2 unspecified atom stereocenters. The fourth-order valence-corrected chi connectivity index (χ4v) is 6.27. The van der Waals surface area contributed by atoms with Crippen LogP contribution in [0.5, 0.6) is 5.75 Å². The molecule has 0 amide bonds. The number of methoxy groups -OCH3 is 2. The van der Waals surface area contributed by atoms with Crippen molar-refractivity contribution >= 4 is 0 Å². The van der Waals surface area contributed by atoms with Gasteiger partial charge in [-0.15, -0.1) is 0 Å². The number of ether oxygens (including phenoxy) is 2. The zero-order valence-electron chi connectivity index (χ0n) is 22.7. The van der Waals surface area contributed by atoms with E-state index in [4.69, 9.17) is 9.47 Å². The van der Waals surface area contributed by atoms with Crippen LogP contribution >= 0.6 is 0 Å². The maximum Gasteiger partial charge on any atom is 0.158 e. The Hall–Kier alpha value is -2.76. The molecule has 0 radical (unpaired) electrons. The molecule has 1 saturated heterocycles. The molecule has 5 rings (SSSR count). The molecule has 5 heteroatoms. The van der Waals surface area contributed by atoms with Crippen molar-refractivity contribution in [2.45, 2.75) is 51.6 Å². The van der Waals surface area contributed by atoms with Crippen LogP contribution < -0.4 is 0 Å². The molecule has 1 heterocycles. The Morgan fingerprint density at radius 3 is 2.35 bits per heavy atom. The highest BCUT2D eigenvalue weighted by molar-refractivity contribution is 5.38. The molecule has 2 aromatic rings. The van der Waals surface area contributed by atoms with Gasteiger partial charge in [-0.1, -0.05) is 37.3 Å². The lowest BCUT2D eigenvalue weighted by Crippen LogP contribution is -2.44. The fourth-order valence-electron chi connectivity index (χ4n) is 6.27. The average Bonchev–Trinajstić information content (AvgIpc) is 2.90. The van der Waals surface area contributed by atoms with Crippen LogP contribution in [-0.2, 0) is 35.3 Å². The molecule has 37 heavy (non-hydrogen) atoms. The van der Waals surface area contributed by atoms with Gasteiger partial charge < -0.3 is 19.5 Å². The predicted molar refractivity (Wildman–Crippen MR) is 148 cm³/mol. The van der Waals surface area contributed by atoms with E-state index in [1.807, 2.05) is 12.1 Å². The molecule has 2 aliphatic carbocycles. The molecule has 0 aromatic heterocycles. The van der Waals surface area contributed by atoms with Gasteiger partial charge in [-0.3, -0.25) is 4.90 Å². The normalized spacial score (nSPS) is 23.6. The largest absolute Gasteiger partial charge is 0.508 e. The molecule has 1 aliphatic heterocycles. The quantitative estimate of drug-likeness (QED) is 0.476. The number of nitrogens with zero attached hydrogens (tertiary/aromatic N) is 2. The van der Waals surface area contributed by atoms with E-state index in [9.17, 15) is 5.11 Å². The second-order valence-corrected chi connectivity index (χ2v) is 10.8. The van der Waals surface area contributed by atoms with Crippen molar-refractivity contribution < 1.29 is 14.6 Å². The number of fused-ring (bicyclic) bond motifs is 1. The second kappa shape index (κ2) is 11.7. The van der Waals surface area contributed by atoms with E-state index in [2.05, 4.69) is 59.2 Å². The molecule has 5 nitrogen and oxygen atoms in total. The van der Waals surface area contributed by atoms with E-state index >= 15 is 0 Å². The van der Waals surface area contributed by atoms with Gasteiger partial charge in [0.2, 0.25) is 0 Å². The van der Waals surface area contributed by atoms with Crippen LogP contribution in [0.1, 0.15) is 42.0 Å². The number of phenolic OH excluding ortho intramolecular Hbond substituents is 1. The zero-order valence-corrected chi connectivity index (χ0v) is 22.7. The van der Waals surface area contributed by atoms with Gasteiger partial charge in [0, 0.05) is 25.0 Å². The predicted octanol–water partition coefficient (Wildman–Crippen LogP) is 5.33. The summed E-state index contributed by atoms with van der Waals surface area (Å²) in [5.41, 5.74) is 5.43. The van der Waals surface area contributed by atoms with E-state index < -0.39 is 0 Å². The Morgan fingerprint density at radius 1 is 0.946 bits per heavy atom. The Bertz CT molecular complexity index is 1120. The Kier molecular flexibility index (Phi) is 8.21. The number of benzene rings is 2. The zero-order chi connectivity index (χ0) is 25.8. The first-order valence-electron chi connectivity index (χ1n) is 13.9. The van der Waals surface area contributed by atoms with E-state index in [1.165, 1.54) is 48.3 Å². The number of rotatable bonds is 10. The maximum absolute atomic E-state index is 9.94. The Morgan fingerprint density at radius 2 is 1.68 bits per heavy atom. The molecule has 198 valence electrons. The third-order valence-corrected chi connectivity index (χ3v) is 8.65. The highest BCUT2D eigenvalue weighted by Gasteiger charge is 2.37. The number of aromatic hydroxyl groups is 1. The van der Waals surface area contributed by atoms with Gasteiger partial charge in [-0.25, -0.2) is 0 Å². The summed E-state index contributed by atoms with van der Waals surface area (Å²) in [5.74, 6) is 2.85. The molecule has 0 saturated carbocycles. The van der Waals surface area contributed by atoms with Gasteiger partial charge in [-0.2, -0.15) is 0 Å². The highest BCUT2D eigenvalue weighted by atomic mass is 16.5. The van der Waals surface area contributed by atoms with Crippen molar-refractivity contribution in [2.75, 3.05) is 40.4 Å². The lowest BCUT2D eigenvalue weighted by atomic mass is 9.72. The van der Waals surface area contributed by atoms with E-state index in [0.29, 0.717) is 17.6 Å². The van der Waals surface area contributed by atoms with Gasteiger partial charge in [0.25, 0.3) is 0 Å². The van der Waals surface area contributed by atoms with Crippen LogP contribution in [0.3, 0.4) is 0 Å². The van der Waals surface area contributed by atoms with Gasteiger partial charge in [0.15, 0.2) is 11.5 Å². The van der Waals surface area contributed by atoms with Crippen LogP contribution in [0.15, 0.2) is 66.1 Å². The topological polar surface area (TPSA) is 45.2 Å². The summed E-state index contributed by atoms with van der Waals surface area (Å²) in [4.78, 5) is 5.11. The summed E-state index contributed by atoms with van der Waals surface area (Å²) < 4.78 is 11.5. The van der Waals surface area contributed by atoms with E-state index in [1.54, 1.807) is 14.2 Å². The van der Waals surface area contributed by atoms with Crippen molar-refractivity contribution in [3.8, 4) is 5.75 Å². The molecule has 1 N–H and O–H groups in total. The highest BCUT2D eigenvalue weighted by Crippen LogP contribution is 2.39. The summed E-state index contributed by atoms with van der Waals surface area (Å²) >= 11 is 0. The summed E-state index contributed by atoms with van der Waals surface area (Å²) in [5, 5.41) is 9.94. The third-order valence-electron chi connectivity index (χ3n) is 8.65. The number of hydrogen-bond acceptors (Lipinski definition) is 5. The first-order chi connectivity index (χ1) is 18.1. The van der Waals surface area contributed by atoms with Crippen LogP contribution in [0.4, 0.5) is 0 Å². The monoisotopic (exact) mass is 502 g/mol. The van der Waals surface area contributed by atoms with Gasteiger partial charge >= 0.3 is 0 Å². The molecule has 2 aromatic carbocycles. The number of likely N-dealkylation sites (tertiary alicyclic amines) is 1. The summed E-state index contributed by atoms with van der Waals surface area (Å²) in [7, 11) is 3.46. The van der Waals surface area contributed by atoms with E-state index in [-0.39, 0.29) is 6.04 Å². The molecular weight excluding hydrogens is 460 g/mol. The van der Waals surface area contributed by atoms with E-state index in [0.717, 1.165) is 50.3 Å². The van der Waals surface area contributed by atoms with Crippen molar-refractivity contribution in [1.29, 1.82) is 0 Å². The van der Waals surface area contributed by atoms with Crippen LogP contribution in [-0.4, -0.2) is 61.3 Å². The molecule has 3 atom stereocenters. The molecule has 0 spiro atoms. The van der Waals surface area contributed by atoms with Crippen LogP contribution in [0.2, 0.25) is 0 Å². The first kappa shape index (κ1) is 25.9. The van der Waals surface area contributed by atoms with Crippen molar-refractivity contribution in [1.82, 2.24) is 9.80 Å². The summed E-state index contributed by atoms with van der Waals surface area (Å²) in [6.45, 7) is 7.82. The number of phenols is 1. The number of aryl methyl sites for hydroxylation is 1. The molecule has 3 aliphatic rings. The lowest BCUT2D eigenvalue weighted by molar-refractivity contribution is 0.132. The van der Waals surface area contributed by atoms with Crippen LogP contribution in [0.25, 0.3) is 0 Å². The SMILES string of the molecule is CCN(Cc1ccc(CCN2CCC2)cc1)C1C=C(OC)C(OC)=CC1[C@@H]1CCc2cc(O)ccc2C1. The summed E-state index contributed by atoms with van der Waals surface area (Å²) in [6.07, 6.45) is 10.2. The molecule has 0 bridgehead atoms. The Balaban J connectivity index is 1.34. The van der Waals surface area contributed by atoms with Crippen LogP contribution in [0, 0.1) is 11.8 Å². The summed E-state index contributed by atoms with van der Waals surface area (Å²) in [6, 6.07) is 15.3. The van der Waals surface area contributed by atoms with Gasteiger partial charge in [0.05, 0.1) is 14.2 Å². The Labute approximate surface area is 222 Å². The van der Waals surface area contributed by atoms with Gasteiger partial charge in [-0.05, 0) is 104 Å². The smallest absolute Gasteiger partial charge is 0.158 e. The maximum atomic E-state index is 9.94. The minimum Gasteiger partial charge on any atom is -0.508 e. The van der Waals surface area contributed by atoms with Crippen molar-refractivity contribution in [2.24, 2.45) is 11.8 Å². The second-order valence-electron chi connectivity index (χ2n) is 10.8. The van der Waals surface area contributed by atoms with Crippen molar-refractivity contribution in [3.05, 3.63) is 88.4 Å². The minimum absolute atomic E-state index is 0.230. The van der Waals surface area contributed by atoms with Gasteiger partial charge in [0.1, 0.15) is 5.75 Å². The fraction of sp³-hybridized carbons (Fsp3) is 0.500.